The van der Waals surface area contributed by atoms with Gasteiger partial charge in [-0.25, -0.2) is 4.98 Å². The fourth-order valence-corrected chi connectivity index (χ4v) is 2.42. The molecule has 0 aliphatic rings. The minimum absolute atomic E-state index is 0.327. The zero-order chi connectivity index (χ0) is 14.3. The lowest BCUT2D eigenvalue weighted by molar-refractivity contribution is 0.372. The highest BCUT2D eigenvalue weighted by atomic mass is 16.5. The molecule has 2 N–H and O–H groups in total. The highest BCUT2D eigenvalue weighted by Gasteiger charge is 2.15. The lowest BCUT2D eigenvalue weighted by Crippen LogP contribution is -2.06. The average Bonchev–Trinajstić information content (AvgIpc) is 2.94. The zero-order valence-electron chi connectivity index (χ0n) is 11.9. The second-order valence-electron chi connectivity index (χ2n) is 5.39. The number of anilines is 1. The molecule has 0 aliphatic carbocycles. The maximum Gasteiger partial charge on any atom is 0.156 e. The van der Waals surface area contributed by atoms with E-state index >= 15 is 0 Å². The van der Waals surface area contributed by atoms with Gasteiger partial charge in [0.1, 0.15) is 5.82 Å². The summed E-state index contributed by atoms with van der Waals surface area (Å²) < 4.78 is 7.49. The molecule has 104 valence electrons. The van der Waals surface area contributed by atoms with Crippen LogP contribution in [-0.2, 0) is 6.54 Å². The first-order valence-electron chi connectivity index (χ1n) is 6.72. The summed E-state index contributed by atoms with van der Waals surface area (Å²) in [5.41, 5.74) is 9.44. The average molecular weight is 270 g/mol. The van der Waals surface area contributed by atoms with E-state index in [-0.39, 0.29) is 0 Å². The Morgan fingerprint density at radius 2 is 2.10 bits per heavy atom. The van der Waals surface area contributed by atoms with E-state index in [4.69, 9.17) is 15.2 Å². The monoisotopic (exact) mass is 270 g/mol. The molecule has 1 aromatic carbocycles. The second kappa shape index (κ2) is 4.67. The molecular weight excluding hydrogens is 252 g/mol. The van der Waals surface area contributed by atoms with Crippen molar-refractivity contribution in [3.63, 3.8) is 0 Å². The molecule has 0 atom stereocenters. The first kappa shape index (κ1) is 12.7. The molecule has 20 heavy (non-hydrogen) atoms. The van der Waals surface area contributed by atoms with Crippen molar-refractivity contribution in [2.75, 3.05) is 5.73 Å². The van der Waals surface area contributed by atoms with Crippen molar-refractivity contribution in [3.05, 3.63) is 41.5 Å². The molecule has 0 unspecified atom stereocenters. The number of aromatic nitrogens is 3. The highest BCUT2D eigenvalue weighted by Crippen LogP contribution is 2.24. The summed E-state index contributed by atoms with van der Waals surface area (Å²) in [7, 11) is 0. The number of benzene rings is 1. The molecular formula is C15H18N4O. The van der Waals surface area contributed by atoms with Gasteiger partial charge in [-0.3, -0.25) is 0 Å². The molecule has 0 aliphatic heterocycles. The van der Waals surface area contributed by atoms with E-state index in [1.165, 1.54) is 0 Å². The lowest BCUT2D eigenvalue weighted by atomic mass is 10.2. The molecule has 5 nitrogen and oxygen atoms in total. The molecule has 2 heterocycles. The molecule has 3 aromatic rings. The number of aryl methyl sites for hydroxylation is 1. The molecule has 0 fully saturated rings. The molecule has 5 heteroatoms. The third-order valence-corrected chi connectivity index (χ3v) is 3.31. The molecule has 0 spiro atoms. The van der Waals surface area contributed by atoms with Crippen LogP contribution in [0.15, 0.2) is 28.8 Å². The predicted molar refractivity (Wildman–Crippen MR) is 78.6 cm³/mol. The van der Waals surface area contributed by atoms with Crippen LogP contribution in [0.4, 0.5) is 5.69 Å². The van der Waals surface area contributed by atoms with Crippen LogP contribution in [0.3, 0.4) is 0 Å². The summed E-state index contributed by atoms with van der Waals surface area (Å²) >= 11 is 0. The van der Waals surface area contributed by atoms with Crippen molar-refractivity contribution in [2.45, 2.75) is 33.2 Å². The van der Waals surface area contributed by atoms with Gasteiger partial charge in [0.05, 0.1) is 23.3 Å². The van der Waals surface area contributed by atoms with Crippen molar-refractivity contribution >= 4 is 16.7 Å². The van der Waals surface area contributed by atoms with Crippen LogP contribution in [0.5, 0.6) is 0 Å². The Kier molecular flexibility index (Phi) is 2.97. The van der Waals surface area contributed by atoms with Gasteiger partial charge in [-0.2, -0.15) is 0 Å². The van der Waals surface area contributed by atoms with E-state index in [1.54, 1.807) is 0 Å². The van der Waals surface area contributed by atoms with Crippen molar-refractivity contribution in [1.82, 2.24) is 14.7 Å². The van der Waals surface area contributed by atoms with Gasteiger partial charge in [0.25, 0.3) is 0 Å². The molecule has 2 aromatic heterocycles. The Morgan fingerprint density at radius 1 is 1.30 bits per heavy atom. The number of nitrogens with zero attached hydrogens (tertiary/aromatic N) is 3. The van der Waals surface area contributed by atoms with Gasteiger partial charge < -0.3 is 14.8 Å². The SMILES string of the molecule is Cc1cc(Cn2c(C(C)C)nc3cc(N)ccc32)on1. The Morgan fingerprint density at radius 3 is 2.75 bits per heavy atom. The third kappa shape index (κ3) is 2.15. The number of hydrogen-bond donors (Lipinski definition) is 1. The smallest absolute Gasteiger partial charge is 0.156 e. The molecule has 0 saturated heterocycles. The zero-order valence-corrected chi connectivity index (χ0v) is 11.9. The first-order chi connectivity index (χ1) is 9.54. The number of fused-ring (bicyclic) bond motifs is 1. The van der Waals surface area contributed by atoms with Gasteiger partial charge in [0, 0.05) is 17.7 Å². The number of imidazole rings is 1. The predicted octanol–water partition coefficient (Wildman–Crippen LogP) is 3.09. The lowest BCUT2D eigenvalue weighted by Gasteiger charge is -2.09. The Hall–Kier alpha value is -2.30. The van der Waals surface area contributed by atoms with Crippen molar-refractivity contribution in [1.29, 1.82) is 0 Å². The van der Waals surface area contributed by atoms with Crippen molar-refractivity contribution < 1.29 is 4.52 Å². The number of hydrogen-bond acceptors (Lipinski definition) is 4. The Bertz CT molecular complexity index is 754. The number of nitrogen functional groups attached to an aromatic ring is 1. The van der Waals surface area contributed by atoms with E-state index < -0.39 is 0 Å². The minimum Gasteiger partial charge on any atom is -0.399 e. The van der Waals surface area contributed by atoms with Crippen LogP contribution in [0, 0.1) is 6.92 Å². The third-order valence-electron chi connectivity index (χ3n) is 3.31. The topological polar surface area (TPSA) is 69.9 Å². The fraction of sp³-hybridized carbons (Fsp3) is 0.333. The van der Waals surface area contributed by atoms with Gasteiger partial charge in [-0.05, 0) is 25.1 Å². The van der Waals surface area contributed by atoms with Crippen LogP contribution >= 0.6 is 0 Å². The van der Waals surface area contributed by atoms with Crippen molar-refractivity contribution in [2.24, 2.45) is 0 Å². The van der Waals surface area contributed by atoms with Crippen LogP contribution in [0.25, 0.3) is 11.0 Å². The summed E-state index contributed by atoms with van der Waals surface area (Å²) in [6.07, 6.45) is 0. The maximum absolute atomic E-state index is 5.84. The van der Waals surface area contributed by atoms with E-state index in [2.05, 4.69) is 23.6 Å². The largest absolute Gasteiger partial charge is 0.399 e. The van der Waals surface area contributed by atoms with Gasteiger partial charge in [-0.1, -0.05) is 19.0 Å². The summed E-state index contributed by atoms with van der Waals surface area (Å²) in [5.74, 6) is 2.19. The molecule has 0 radical (unpaired) electrons. The van der Waals surface area contributed by atoms with Crippen LogP contribution in [-0.4, -0.2) is 14.7 Å². The van der Waals surface area contributed by atoms with Crippen LogP contribution in [0.2, 0.25) is 0 Å². The van der Waals surface area contributed by atoms with Crippen LogP contribution < -0.4 is 5.73 Å². The molecule has 0 amide bonds. The van der Waals surface area contributed by atoms with Gasteiger partial charge >= 0.3 is 0 Å². The number of nitrogens with two attached hydrogens (primary N) is 1. The summed E-state index contributed by atoms with van der Waals surface area (Å²) in [6.45, 7) is 6.82. The summed E-state index contributed by atoms with van der Waals surface area (Å²) in [4.78, 5) is 4.70. The van der Waals surface area contributed by atoms with Crippen LogP contribution in [0.1, 0.15) is 37.0 Å². The minimum atomic E-state index is 0.327. The Labute approximate surface area is 117 Å². The Balaban J connectivity index is 2.13. The molecule has 0 bridgehead atoms. The molecule has 0 saturated carbocycles. The van der Waals surface area contributed by atoms with E-state index in [1.807, 2.05) is 31.2 Å². The standard InChI is InChI=1S/C15H18N4O/c1-9(2)15-17-13-7-11(16)4-5-14(13)19(15)8-12-6-10(3)18-20-12/h4-7,9H,8,16H2,1-3H3. The van der Waals surface area contributed by atoms with Gasteiger partial charge in [-0.15, -0.1) is 0 Å². The number of rotatable bonds is 3. The first-order valence-corrected chi connectivity index (χ1v) is 6.72. The molecule has 3 rings (SSSR count). The van der Waals surface area contributed by atoms with Crippen molar-refractivity contribution in [3.8, 4) is 0 Å². The quantitative estimate of drug-likeness (QED) is 0.742. The van der Waals surface area contributed by atoms with Gasteiger partial charge in [0.2, 0.25) is 0 Å². The highest BCUT2D eigenvalue weighted by molar-refractivity contribution is 5.79. The summed E-state index contributed by atoms with van der Waals surface area (Å²) in [6, 6.07) is 7.76. The normalized spacial score (nSPS) is 11.6. The summed E-state index contributed by atoms with van der Waals surface area (Å²) in [5, 5.41) is 3.94. The fourth-order valence-electron chi connectivity index (χ4n) is 2.42. The van der Waals surface area contributed by atoms with E-state index in [0.29, 0.717) is 12.5 Å². The van der Waals surface area contributed by atoms with E-state index in [0.717, 1.165) is 34.0 Å². The maximum atomic E-state index is 5.84. The van der Waals surface area contributed by atoms with Gasteiger partial charge in [0.15, 0.2) is 5.76 Å². The van der Waals surface area contributed by atoms with E-state index in [9.17, 15) is 0 Å². The second-order valence-corrected chi connectivity index (χ2v) is 5.39.